The van der Waals surface area contributed by atoms with Crippen molar-refractivity contribution in [2.24, 2.45) is 17.8 Å². The van der Waals surface area contributed by atoms with Gasteiger partial charge in [0.2, 0.25) is 0 Å². The van der Waals surface area contributed by atoms with Crippen molar-refractivity contribution in [3.05, 3.63) is 24.3 Å². The van der Waals surface area contributed by atoms with Crippen molar-refractivity contribution >= 4 is 5.78 Å². The second-order valence-electron chi connectivity index (χ2n) is 4.15. The van der Waals surface area contributed by atoms with Gasteiger partial charge in [0.15, 0.2) is 0 Å². The van der Waals surface area contributed by atoms with Crippen LogP contribution in [0.3, 0.4) is 0 Å². The Labute approximate surface area is 80.5 Å². The molecule has 0 saturated heterocycles. The average Bonchev–Trinajstić information content (AvgIpc) is 2.04. The Kier molecular flexibility index (Phi) is 3.07. The first-order valence-corrected chi connectivity index (χ1v) is 4.86. The summed E-state index contributed by atoms with van der Waals surface area (Å²) >= 11 is 0. The molecule has 3 atom stereocenters. The fraction of sp³-hybridized carbons (Fsp3) is 0.583. The zero-order chi connectivity index (χ0) is 10.0. The third-order valence-corrected chi connectivity index (χ3v) is 2.94. The molecule has 0 saturated carbocycles. The molecule has 0 heterocycles. The highest BCUT2D eigenvalue weighted by atomic mass is 16.1. The highest BCUT2D eigenvalue weighted by molar-refractivity contribution is 5.79. The van der Waals surface area contributed by atoms with Crippen molar-refractivity contribution in [2.75, 3.05) is 0 Å². The summed E-state index contributed by atoms with van der Waals surface area (Å²) in [7, 11) is 0. The standard InChI is InChI=1S/C12H18O/c1-8(2)11-6-5-9(3)12(7-11)10(4)13/h5-6,9,11-12H,1,7H2,2-4H3. The fourth-order valence-corrected chi connectivity index (χ4v) is 1.91. The molecule has 13 heavy (non-hydrogen) atoms. The lowest BCUT2D eigenvalue weighted by molar-refractivity contribution is -0.122. The van der Waals surface area contributed by atoms with Gasteiger partial charge in [-0.3, -0.25) is 4.79 Å². The molecule has 0 spiro atoms. The van der Waals surface area contributed by atoms with Gasteiger partial charge in [0.1, 0.15) is 5.78 Å². The molecule has 3 unspecified atom stereocenters. The molecule has 1 nitrogen and oxygen atoms in total. The number of Topliss-reactive ketones (excluding diaryl/α,β-unsaturated/α-hetero) is 1. The second-order valence-corrected chi connectivity index (χ2v) is 4.15. The minimum Gasteiger partial charge on any atom is -0.300 e. The molecule has 0 bridgehead atoms. The molecule has 0 fully saturated rings. The lowest BCUT2D eigenvalue weighted by Crippen LogP contribution is -2.24. The highest BCUT2D eigenvalue weighted by Crippen LogP contribution is 2.31. The molecule has 0 aliphatic heterocycles. The van der Waals surface area contributed by atoms with Crippen LogP contribution in [-0.4, -0.2) is 5.78 Å². The van der Waals surface area contributed by atoms with Crippen LogP contribution in [-0.2, 0) is 4.79 Å². The van der Waals surface area contributed by atoms with E-state index < -0.39 is 0 Å². The molecule has 0 N–H and O–H groups in total. The van der Waals surface area contributed by atoms with E-state index in [4.69, 9.17) is 0 Å². The maximum atomic E-state index is 11.3. The summed E-state index contributed by atoms with van der Waals surface area (Å²) in [5.41, 5.74) is 1.16. The van der Waals surface area contributed by atoms with Crippen LogP contribution in [0.4, 0.5) is 0 Å². The lowest BCUT2D eigenvalue weighted by Gasteiger charge is -2.28. The molecule has 1 aliphatic carbocycles. The maximum Gasteiger partial charge on any atom is 0.133 e. The van der Waals surface area contributed by atoms with Gasteiger partial charge in [-0.15, -0.1) is 0 Å². The molecule has 0 radical (unpaired) electrons. The summed E-state index contributed by atoms with van der Waals surface area (Å²) in [6, 6.07) is 0. The number of carbonyl (C=O) groups is 1. The predicted molar refractivity (Wildman–Crippen MR) is 55.4 cm³/mol. The Hall–Kier alpha value is -0.850. The monoisotopic (exact) mass is 178 g/mol. The van der Waals surface area contributed by atoms with Crippen LogP contribution in [0, 0.1) is 17.8 Å². The van der Waals surface area contributed by atoms with Crippen molar-refractivity contribution in [1.82, 2.24) is 0 Å². The molecule has 1 aliphatic rings. The summed E-state index contributed by atoms with van der Waals surface area (Å²) in [4.78, 5) is 11.3. The van der Waals surface area contributed by atoms with Crippen LogP contribution in [0.1, 0.15) is 27.2 Å². The molecule has 1 rings (SSSR count). The van der Waals surface area contributed by atoms with E-state index in [0.717, 1.165) is 12.0 Å². The SMILES string of the molecule is C=C(C)C1C=CC(C)C(C(C)=O)C1. The zero-order valence-electron chi connectivity index (χ0n) is 8.71. The van der Waals surface area contributed by atoms with E-state index >= 15 is 0 Å². The van der Waals surface area contributed by atoms with Gasteiger partial charge in [-0.1, -0.05) is 31.2 Å². The fourth-order valence-electron chi connectivity index (χ4n) is 1.91. The van der Waals surface area contributed by atoms with E-state index in [1.165, 1.54) is 0 Å². The topological polar surface area (TPSA) is 17.1 Å². The molecule has 0 aromatic heterocycles. The third kappa shape index (κ3) is 2.30. The molecule has 1 heteroatoms. The number of carbonyl (C=O) groups excluding carboxylic acids is 1. The van der Waals surface area contributed by atoms with E-state index in [1.807, 2.05) is 6.92 Å². The first-order chi connectivity index (χ1) is 6.02. The summed E-state index contributed by atoms with van der Waals surface area (Å²) in [6.45, 7) is 9.76. The van der Waals surface area contributed by atoms with Gasteiger partial charge in [-0.25, -0.2) is 0 Å². The molecule has 0 aromatic rings. The number of ketones is 1. The van der Waals surface area contributed by atoms with Gasteiger partial charge in [-0.2, -0.15) is 0 Å². The summed E-state index contributed by atoms with van der Waals surface area (Å²) < 4.78 is 0. The van der Waals surface area contributed by atoms with E-state index in [0.29, 0.717) is 17.6 Å². The Balaban J connectivity index is 2.76. The van der Waals surface area contributed by atoms with E-state index in [9.17, 15) is 4.79 Å². The summed E-state index contributed by atoms with van der Waals surface area (Å²) in [5.74, 6) is 1.31. The van der Waals surface area contributed by atoms with Crippen LogP contribution in [0.5, 0.6) is 0 Å². The quantitative estimate of drug-likeness (QED) is 0.594. The van der Waals surface area contributed by atoms with Gasteiger partial charge in [0, 0.05) is 5.92 Å². The Bertz CT molecular complexity index is 250. The van der Waals surface area contributed by atoms with Crippen LogP contribution >= 0.6 is 0 Å². The number of hydrogen-bond acceptors (Lipinski definition) is 1. The number of rotatable bonds is 2. The lowest BCUT2D eigenvalue weighted by atomic mass is 9.76. The van der Waals surface area contributed by atoms with Crippen molar-refractivity contribution in [3.63, 3.8) is 0 Å². The minimum absolute atomic E-state index is 0.201. The third-order valence-electron chi connectivity index (χ3n) is 2.94. The summed E-state index contributed by atoms with van der Waals surface area (Å²) in [6.07, 6.45) is 5.28. The first-order valence-electron chi connectivity index (χ1n) is 4.86. The first kappa shape index (κ1) is 10.2. The van der Waals surface area contributed by atoms with Crippen molar-refractivity contribution in [2.45, 2.75) is 27.2 Å². The summed E-state index contributed by atoms with van der Waals surface area (Å²) in [5, 5.41) is 0. The van der Waals surface area contributed by atoms with Crippen molar-refractivity contribution in [1.29, 1.82) is 0 Å². The van der Waals surface area contributed by atoms with Crippen LogP contribution < -0.4 is 0 Å². The number of allylic oxidation sites excluding steroid dienone is 3. The van der Waals surface area contributed by atoms with Crippen LogP contribution in [0.15, 0.2) is 24.3 Å². The normalized spacial score (nSPS) is 33.0. The zero-order valence-corrected chi connectivity index (χ0v) is 8.71. The molecular formula is C12H18O. The van der Waals surface area contributed by atoms with E-state index in [2.05, 4.69) is 25.7 Å². The molecule has 0 aromatic carbocycles. The predicted octanol–water partition coefficient (Wildman–Crippen LogP) is 2.98. The van der Waals surface area contributed by atoms with Crippen molar-refractivity contribution < 1.29 is 4.79 Å². The van der Waals surface area contributed by atoms with Crippen LogP contribution in [0.25, 0.3) is 0 Å². The van der Waals surface area contributed by atoms with Crippen molar-refractivity contribution in [3.8, 4) is 0 Å². The molecule has 0 amide bonds. The molecular weight excluding hydrogens is 160 g/mol. The van der Waals surface area contributed by atoms with Gasteiger partial charge in [0.25, 0.3) is 0 Å². The molecule has 72 valence electrons. The minimum atomic E-state index is 0.201. The average molecular weight is 178 g/mol. The van der Waals surface area contributed by atoms with Gasteiger partial charge in [-0.05, 0) is 32.1 Å². The van der Waals surface area contributed by atoms with Gasteiger partial charge < -0.3 is 0 Å². The van der Waals surface area contributed by atoms with Crippen LogP contribution in [0.2, 0.25) is 0 Å². The second kappa shape index (κ2) is 3.91. The number of hydrogen-bond donors (Lipinski definition) is 0. The van der Waals surface area contributed by atoms with Gasteiger partial charge >= 0.3 is 0 Å². The van der Waals surface area contributed by atoms with E-state index in [1.54, 1.807) is 6.92 Å². The largest absolute Gasteiger partial charge is 0.300 e. The van der Waals surface area contributed by atoms with E-state index in [-0.39, 0.29) is 5.92 Å². The maximum absolute atomic E-state index is 11.3. The highest BCUT2D eigenvalue weighted by Gasteiger charge is 2.26. The smallest absolute Gasteiger partial charge is 0.133 e. The van der Waals surface area contributed by atoms with Gasteiger partial charge in [0.05, 0.1) is 0 Å². The Morgan fingerprint density at radius 2 is 2.00 bits per heavy atom. The Morgan fingerprint density at radius 3 is 2.46 bits per heavy atom. The Morgan fingerprint density at radius 1 is 1.38 bits per heavy atom.